The minimum atomic E-state index is -0.0769. The summed E-state index contributed by atoms with van der Waals surface area (Å²) in [7, 11) is 1.64. The number of Topliss-reactive ketones (excluding diaryl/α,β-unsaturated/α-hetero) is 1. The van der Waals surface area contributed by atoms with Crippen molar-refractivity contribution >= 4 is 40.4 Å². The number of benzene rings is 2. The lowest BCUT2D eigenvalue weighted by Gasteiger charge is -2.22. The van der Waals surface area contributed by atoms with Crippen molar-refractivity contribution in [3.05, 3.63) is 83.0 Å². The van der Waals surface area contributed by atoms with E-state index in [1.807, 2.05) is 61.5 Å². The van der Waals surface area contributed by atoms with Crippen LogP contribution in [0.4, 0.5) is 5.69 Å². The van der Waals surface area contributed by atoms with Crippen molar-refractivity contribution < 1.29 is 9.53 Å². The summed E-state index contributed by atoms with van der Waals surface area (Å²) in [5.41, 5.74) is 3.94. The van der Waals surface area contributed by atoms with Crippen molar-refractivity contribution in [1.29, 1.82) is 0 Å². The second-order valence-electron chi connectivity index (χ2n) is 7.37. The highest BCUT2D eigenvalue weighted by molar-refractivity contribution is 7.80. The highest BCUT2D eigenvalue weighted by Crippen LogP contribution is 2.25. The quantitative estimate of drug-likeness (QED) is 0.205. The van der Waals surface area contributed by atoms with E-state index in [2.05, 4.69) is 5.32 Å². The number of alkyl halides is 1. The van der Waals surface area contributed by atoms with Gasteiger partial charge >= 0.3 is 0 Å². The lowest BCUT2D eigenvalue weighted by molar-refractivity contribution is 0.103. The van der Waals surface area contributed by atoms with Crippen LogP contribution in [0.3, 0.4) is 0 Å². The summed E-state index contributed by atoms with van der Waals surface area (Å²) in [6.07, 6.45) is 6.83. The third-order valence-corrected chi connectivity index (χ3v) is 5.69. The molecule has 2 aromatic carbocycles. The molecule has 5 nitrogen and oxygen atoms in total. The van der Waals surface area contributed by atoms with E-state index in [0.717, 1.165) is 23.3 Å². The van der Waals surface area contributed by atoms with E-state index < -0.39 is 0 Å². The first kappa shape index (κ1) is 23.0. The molecule has 0 saturated heterocycles. The van der Waals surface area contributed by atoms with Gasteiger partial charge in [0.1, 0.15) is 5.75 Å². The second kappa shape index (κ2) is 10.6. The fourth-order valence-electron chi connectivity index (χ4n) is 3.21. The molecule has 0 spiro atoms. The topological polar surface area (TPSA) is 67.6 Å². The maximum absolute atomic E-state index is 13.1. The second-order valence-corrected chi connectivity index (χ2v) is 8.32. The lowest BCUT2D eigenvalue weighted by Crippen LogP contribution is -2.42. The van der Waals surface area contributed by atoms with Crippen LogP contribution in [-0.2, 0) is 6.42 Å². The summed E-state index contributed by atoms with van der Waals surface area (Å²) < 4.78 is 5.18. The number of hydrazine groups is 1. The number of carbonyl (C=O) groups is 1. The molecule has 3 rings (SSSR count). The van der Waals surface area contributed by atoms with Crippen LogP contribution < -0.4 is 15.9 Å². The third kappa shape index (κ3) is 6.17. The van der Waals surface area contributed by atoms with E-state index in [-0.39, 0.29) is 11.2 Å². The Balaban J connectivity index is 1.67. The maximum atomic E-state index is 13.1. The van der Waals surface area contributed by atoms with Crippen LogP contribution in [0.15, 0.2) is 66.3 Å². The predicted molar refractivity (Wildman–Crippen MR) is 131 cm³/mol. The predicted octanol–water partition coefficient (Wildman–Crippen LogP) is 4.80. The molecule has 31 heavy (non-hydrogen) atoms. The molecule has 2 aromatic rings. The van der Waals surface area contributed by atoms with Crippen molar-refractivity contribution in [2.24, 2.45) is 5.84 Å². The number of nitrogens with one attached hydrogen (secondary N) is 1. The number of nitrogens with two attached hydrogens (primary N) is 1. The number of carbonyl (C=O) groups excluding carboxylic acids is 1. The van der Waals surface area contributed by atoms with E-state index in [4.69, 9.17) is 34.4 Å². The smallest absolute Gasteiger partial charge is 0.194 e. The number of allylic oxidation sites excluding steroid dienone is 4. The Bertz CT molecular complexity index is 1020. The normalized spacial score (nSPS) is 15.2. The number of aryl methyl sites for hydroxylation is 1. The van der Waals surface area contributed by atoms with Gasteiger partial charge in [-0.05, 0) is 67.4 Å². The summed E-state index contributed by atoms with van der Waals surface area (Å²) >= 11 is 11.6. The van der Waals surface area contributed by atoms with Crippen LogP contribution in [0, 0.1) is 6.92 Å². The SMILES string of the molecule is COc1ccc(CCN(N)C(=S)Nc2cc(C)ccc2C(=O)C2=CCC(Cl)C=C2)cc1. The monoisotopic (exact) mass is 455 g/mol. The fourth-order valence-corrected chi connectivity index (χ4v) is 3.57. The minimum absolute atomic E-state index is 0.0729. The molecule has 0 radical (unpaired) electrons. The molecule has 1 aliphatic carbocycles. The molecule has 0 bridgehead atoms. The Morgan fingerprint density at radius 3 is 2.68 bits per heavy atom. The standard InChI is InChI=1S/C24H26ClN3O2S/c1-16-3-12-21(23(29)18-6-8-19(25)9-7-18)22(15-16)27-24(31)28(26)14-13-17-4-10-20(30-2)11-5-17/h3-8,10-12,15,19H,9,13-14,26H2,1-2H3,(H,27,31). The number of methoxy groups -OCH3 is 1. The van der Waals surface area contributed by atoms with Crippen LogP contribution in [-0.4, -0.2) is 34.9 Å². The number of ether oxygens (including phenoxy) is 1. The molecule has 7 heteroatoms. The molecule has 0 fully saturated rings. The van der Waals surface area contributed by atoms with Gasteiger partial charge in [-0.2, -0.15) is 0 Å². The van der Waals surface area contributed by atoms with Gasteiger partial charge in [0.15, 0.2) is 10.9 Å². The highest BCUT2D eigenvalue weighted by atomic mass is 35.5. The Kier molecular flexibility index (Phi) is 7.85. The van der Waals surface area contributed by atoms with E-state index in [0.29, 0.717) is 34.9 Å². The molecular formula is C24H26ClN3O2S. The number of hydrogen-bond donors (Lipinski definition) is 2. The van der Waals surface area contributed by atoms with E-state index in [1.54, 1.807) is 13.2 Å². The average molecular weight is 456 g/mol. The molecule has 0 heterocycles. The molecule has 162 valence electrons. The zero-order valence-electron chi connectivity index (χ0n) is 17.6. The zero-order valence-corrected chi connectivity index (χ0v) is 19.2. The number of halogens is 1. The first-order chi connectivity index (χ1) is 14.9. The van der Waals surface area contributed by atoms with Gasteiger partial charge in [0, 0.05) is 17.7 Å². The summed E-state index contributed by atoms with van der Waals surface area (Å²) in [6, 6.07) is 13.4. The molecule has 1 atom stereocenters. The van der Waals surface area contributed by atoms with Crippen LogP contribution >= 0.6 is 23.8 Å². The Hall–Kier alpha value is -2.67. The molecule has 0 amide bonds. The van der Waals surface area contributed by atoms with Gasteiger partial charge in [-0.25, -0.2) is 5.84 Å². The van der Waals surface area contributed by atoms with Crippen molar-refractivity contribution in [2.45, 2.75) is 25.1 Å². The third-order valence-electron chi connectivity index (χ3n) is 5.03. The summed E-state index contributed by atoms with van der Waals surface area (Å²) in [5, 5.41) is 4.91. The molecule has 0 aliphatic heterocycles. The Labute approximate surface area is 193 Å². The summed E-state index contributed by atoms with van der Waals surface area (Å²) in [4.78, 5) is 13.1. The number of rotatable bonds is 7. The first-order valence-electron chi connectivity index (χ1n) is 10.0. The maximum Gasteiger partial charge on any atom is 0.194 e. The van der Waals surface area contributed by atoms with Crippen molar-refractivity contribution in [3.8, 4) is 5.75 Å². The molecule has 0 saturated carbocycles. The average Bonchev–Trinajstić information content (AvgIpc) is 2.78. The molecule has 1 unspecified atom stereocenters. The van der Waals surface area contributed by atoms with Crippen LogP contribution in [0.5, 0.6) is 5.75 Å². The van der Waals surface area contributed by atoms with E-state index in [9.17, 15) is 4.79 Å². The van der Waals surface area contributed by atoms with Gasteiger partial charge in [0.05, 0.1) is 18.2 Å². The number of hydrogen-bond acceptors (Lipinski definition) is 4. The van der Waals surface area contributed by atoms with Crippen LogP contribution in [0.2, 0.25) is 0 Å². The number of anilines is 1. The largest absolute Gasteiger partial charge is 0.497 e. The fraction of sp³-hybridized carbons (Fsp3) is 0.250. The van der Waals surface area contributed by atoms with Crippen molar-refractivity contribution in [2.75, 3.05) is 19.0 Å². The summed E-state index contributed by atoms with van der Waals surface area (Å²) in [6.45, 7) is 2.49. The minimum Gasteiger partial charge on any atom is -0.497 e. The van der Waals surface area contributed by atoms with Gasteiger partial charge in [-0.3, -0.25) is 9.80 Å². The van der Waals surface area contributed by atoms with Gasteiger partial charge < -0.3 is 10.1 Å². The van der Waals surface area contributed by atoms with Crippen LogP contribution in [0.1, 0.15) is 27.9 Å². The van der Waals surface area contributed by atoms with Crippen LogP contribution in [0.25, 0.3) is 0 Å². The highest BCUT2D eigenvalue weighted by Gasteiger charge is 2.18. The van der Waals surface area contributed by atoms with Gasteiger partial charge in [-0.15, -0.1) is 11.6 Å². The van der Waals surface area contributed by atoms with Gasteiger partial charge in [0.2, 0.25) is 0 Å². The Morgan fingerprint density at radius 2 is 2.03 bits per heavy atom. The van der Waals surface area contributed by atoms with E-state index in [1.165, 1.54) is 5.01 Å². The van der Waals surface area contributed by atoms with Crippen molar-refractivity contribution in [1.82, 2.24) is 5.01 Å². The van der Waals surface area contributed by atoms with Gasteiger partial charge in [0.25, 0.3) is 0 Å². The summed E-state index contributed by atoms with van der Waals surface area (Å²) in [5.74, 6) is 6.91. The first-order valence-corrected chi connectivity index (χ1v) is 10.9. The lowest BCUT2D eigenvalue weighted by atomic mass is 9.96. The van der Waals surface area contributed by atoms with Gasteiger partial charge in [-0.1, -0.05) is 36.4 Å². The van der Waals surface area contributed by atoms with Crippen molar-refractivity contribution in [3.63, 3.8) is 0 Å². The number of ketones is 1. The molecule has 0 aromatic heterocycles. The van der Waals surface area contributed by atoms with E-state index >= 15 is 0 Å². The molecule has 3 N–H and O–H groups in total. The molecular weight excluding hydrogens is 430 g/mol. The Morgan fingerprint density at radius 1 is 1.29 bits per heavy atom. The number of thiocarbonyl (C=S) groups is 1. The number of nitrogens with zero attached hydrogens (tertiary/aromatic N) is 1. The molecule has 1 aliphatic rings. The zero-order chi connectivity index (χ0) is 22.4.